The minimum atomic E-state index is -0.223. The molecule has 2 aromatic rings. The Morgan fingerprint density at radius 3 is 2.48 bits per heavy atom. The number of methoxy groups -OCH3 is 2. The molecule has 1 heterocycles. The van der Waals surface area contributed by atoms with Gasteiger partial charge in [0.05, 0.1) is 12.8 Å². The van der Waals surface area contributed by atoms with Crippen molar-refractivity contribution >= 4 is 11.9 Å². The van der Waals surface area contributed by atoms with Crippen molar-refractivity contribution in [1.82, 2.24) is 9.97 Å². The quantitative estimate of drug-likeness (QED) is 0.548. The summed E-state index contributed by atoms with van der Waals surface area (Å²) >= 11 is 0. The van der Waals surface area contributed by atoms with Gasteiger partial charge in [-0.25, -0.2) is 14.4 Å². The summed E-state index contributed by atoms with van der Waals surface area (Å²) in [7, 11) is 5.13. The van der Waals surface area contributed by atoms with E-state index in [9.17, 15) is 4.39 Å². The van der Waals surface area contributed by atoms with Gasteiger partial charge in [0.15, 0.2) is 0 Å². The summed E-state index contributed by atoms with van der Waals surface area (Å²) in [4.78, 5) is 8.21. The number of rotatable bonds is 7. The number of ether oxygens (including phenoxy) is 2. The van der Waals surface area contributed by atoms with E-state index in [-0.39, 0.29) is 5.82 Å². The maximum Gasteiger partial charge on any atom is 0.136 e. The van der Waals surface area contributed by atoms with Crippen molar-refractivity contribution < 1.29 is 13.9 Å². The van der Waals surface area contributed by atoms with Gasteiger partial charge in [0.25, 0.3) is 0 Å². The molecule has 0 amide bonds. The summed E-state index contributed by atoms with van der Waals surface area (Å²) in [6, 6.07) is 4.79. The fourth-order valence-electron chi connectivity index (χ4n) is 2.81. The standard InChI is InChI=1S/C10H13N3.C8H9FO.C7H14O/c1-4-5-6-9-8(2)12-7-13-10(9)11-3;1-6-3-4-7(10-2)5-8(6)9;1-8-6-5-7-3-2-4-7/h4-7H,1H2,2-3H3,(H,11,12,13);3-5H,1-2H3;7H,2-6H2,1H3/b6-5-;;. The lowest BCUT2D eigenvalue weighted by atomic mass is 9.83. The first-order chi connectivity index (χ1) is 15.0. The van der Waals surface area contributed by atoms with Gasteiger partial charge in [0.2, 0.25) is 0 Å². The highest BCUT2D eigenvalue weighted by Gasteiger charge is 2.15. The zero-order valence-electron chi connectivity index (χ0n) is 19.5. The van der Waals surface area contributed by atoms with Crippen LogP contribution in [0.15, 0.2) is 43.3 Å². The number of nitrogens with zero attached hydrogens (tertiary/aromatic N) is 2. The van der Waals surface area contributed by atoms with E-state index in [0.717, 1.165) is 29.6 Å². The Morgan fingerprint density at radius 1 is 1.23 bits per heavy atom. The zero-order chi connectivity index (χ0) is 23.1. The highest BCUT2D eigenvalue weighted by molar-refractivity contribution is 5.65. The van der Waals surface area contributed by atoms with Gasteiger partial charge in [-0.2, -0.15) is 0 Å². The van der Waals surface area contributed by atoms with Crippen LogP contribution < -0.4 is 10.1 Å². The van der Waals surface area contributed by atoms with Crippen molar-refractivity contribution in [2.24, 2.45) is 5.92 Å². The number of hydrogen-bond donors (Lipinski definition) is 1. The number of aromatic nitrogens is 2. The van der Waals surface area contributed by atoms with Gasteiger partial charge >= 0.3 is 0 Å². The SMILES string of the molecule is C=C/C=C\c1c(C)ncnc1NC.COCCC1CCC1.COc1ccc(C)c(F)c1. The average molecular weight is 430 g/mol. The second kappa shape index (κ2) is 15.1. The number of nitrogens with one attached hydrogen (secondary N) is 1. The Labute approximate surface area is 186 Å². The summed E-state index contributed by atoms with van der Waals surface area (Å²) in [5.74, 6) is 2.18. The Bertz CT molecular complexity index is 820. The molecule has 0 spiro atoms. The molecule has 0 radical (unpaired) electrons. The minimum Gasteiger partial charge on any atom is -0.497 e. The fourth-order valence-corrected chi connectivity index (χ4v) is 2.81. The van der Waals surface area contributed by atoms with E-state index in [2.05, 4.69) is 21.9 Å². The van der Waals surface area contributed by atoms with Crippen molar-refractivity contribution in [3.8, 4) is 5.75 Å². The minimum absolute atomic E-state index is 0.223. The summed E-state index contributed by atoms with van der Waals surface area (Å²) in [5, 5.41) is 3.01. The molecule has 0 aliphatic heterocycles. The smallest absolute Gasteiger partial charge is 0.136 e. The maximum atomic E-state index is 12.7. The second-order valence-electron chi connectivity index (χ2n) is 7.26. The molecule has 6 heteroatoms. The van der Waals surface area contributed by atoms with Crippen LogP contribution in [-0.2, 0) is 4.74 Å². The predicted molar refractivity (Wildman–Crippen MR) is 127 cm³/mol. The first-order valence-electron chi connectivity index (χ1n) is 10.5. The molecule has 0 atom stereocenters. The van der Waals surface area contributed by atoms with Crippen LogP contribution in [0.3, 0.4) is 0 Å². The van der Waals surface area contributed by atoms with Gasteiger partial charge in [0.1, 0.15) is 23.7 Å². The number of hydrogen-bond acceptors (Lipinski definition) is 5. The van der Waals surface area contributed by atoms with Crippen LogP contribution in [0, 0.1) is 25.6 Å². The monoisotopic (exact) mass is 429 g/mol. The van der Waals surface area contributed by atoms with Gasteiger partial charge in [-0.15, -0.1) is 0 Å². The van der Waals surface area contributed by atoms with Crippen LogP contribution >= 0.6 is 0 Å². The molecule has 1 aliphatic carbocycles. The van der Waals surface area contributed by atoms with E-state index >= 15 is 0 Å². The van der Waals surface area contributed by atoms with Crippen molar-refractivity contribution in [3.05, 3.63) is 65.9 Å². The van der Waals surface area contributed by atoms with Gasteiger partial charge in [-0.1, -0.05) is 44.1 Å². The number of aryl methyl sites for hydroxylation is 2. The molecule has 0 bridgehead atoms. The second-order valence-corrected chi connectivity index (χ2v) is 7.26. The molecule has 1 aromatic carbocycles. The molecular weight excluding hydrogens is 393 g/mol. The molecule has 1 aromatic heterocycles. The normalized spacial score (nSPS) is 12.7. The molecule has 1 aliphatic rings. The molecule has 170 valence electrons. The van der Waals surface area contributed by atoms with Crippen molar-refractivity contribution in [3.63, 3.8) is 0 Å². The zero-order valence-corrected chi connectivity index (χ0v) is 19.5. The third-order valence-electron chi connectivity index (χ3n) is 5.05. The molecule has 1 saturated carbocycles. The summed E-state index contributed by atoms with van der Waals surface area (Å²) < 4.78 is 22.4. The largest absolute Gasteiger partial charge is 0.497 e. The lowest BCUT2D eigenvalue weighted by molar-refractivity contribution is 0.154. The van der Waals surface area contributed by atoms with Crippen molar-refractivity contribution in [2.75, 3.05) is 33.2 Å². The number of anilines is 1. The van der Waals surface area contributed by atoms with Crippen molar-refractivity contribution in [2.45, 2.75) is 39.5 Å². The summed E-state index contributed by atoms with van der Waals surface area (Å²) in [6.45, 7) is 8.24. The van der Waals surface area contributed by atoms with Gasteiger partial charge in [-0.3, -0.25) is 0 Å². The summed E-state index contributed by atoms with van der Waals surface area (Å²) in [6.07, 6.45) is 12.7. The van der Waals surface area contributed by atoms with Crippen molar-refractivity contribution in [1.29, 1.82) is 0 Å². The highest BCUT2D eigenvalue weighted by atomic mass is 19.1. The van der Waals surface area contributed by atoms with E-state index in [1.807, 2.05) is 26.1 Å². The maximum absolute atomic E-state index is 12.7. The van der Waals surface area contributed by atoms with E-state index in [1.54, 1.807) is 38.6 Å². The predicted octanol–water partition coefficient (Wildman–Crippen LogP) is 5.99. The van der Waals surface area contributed by atoms with Crippen LogP contribution in [0.25, 0.3) is 6.08 Å². The first kappa shape index (κ1) is 26.3. The Balaban J connectivity index is 0.000000240. The average Bonchev–Trinajstić information content (AvgIpc) is 2.74. The fraction of sp³-hybridized carbons (Fsp3) is 0.440. The highest BCUT2D eigenvalue weighted by Crippen LogP contribution is 2.28. The molecular formula is C25H36FN3O2. The first-order valence-corrected chi connectivity index (χ1v) is 10.5. The Morgan fingerprint density at radius 2 is 1.97 bits per heavy atom. The van der Waals surface area contributed by atoms with Gasteiger partial charge < -0.3 is 14.8 Å². The van der Waals surface area contributed by atoms with Crippen LogP contribution in [0.5, 0.6) is 5.75 Å². The molecule has 0 saturated heterocycles. The summed E-state index contributed by atoms with van der Waals surface area (Å²) in [5.41, 5.74) is 2.60. The van der Waals surface area contributed by atoms with E-state index in [4.69, 9.17) is 9.47 Å². The topological polar surface area (TPSA) is 56.3 Å². The molecule has 3 rings (SSSR count). The number of benzene rings is 1. The van der Waals surface area contributed by atoms with E-state index < -0.39 is 0 Å². The van der Waals surface area contributed by atoms with E-state index in [0.29, 0.717) is 11.3 Å². The number of allylic oxidation sites excluding steroid dienone is 2. The third-order valence-corrected chi connectivity index (χ3v) is 5.05. The molecule has 5 nitrogen and oxygen atoms in total. The molecule has 1 N–H and O–H groups in total. The van der Waals surface area contributed by atoms with Gasteiger partial charge in [0, 0.05) is 32.4 Å². The third kappa shape index (κ3) is 9.75. The van der Waals surface area contributed by atoms with Crippen LogP contribution in [0.2, 0.25) is 0 Å². The number of halogens is 1. The van der Waals surface area contributed by atoms with Gasteiger partial charge in [-0.05, 0) is 43.9 Å². The Kier molecular flexibility index (Phi) is 12.8. The van der Waals surface area contributed by atoms with Crippen LogP contribution in [0.4, 0.5) is 10.2 Å². The van der Waals surface area contributed by atoms with Crippen LogP contribution in [-0.4, -0.2) is 37.8 Å². The molecule has 1 fully saturated rings. The lowest BCUT2D eigenvalue weighted by Crippen LogP contribution is -2.12. The van der Waals surface area contributed by atoms with Crippen LogP contribution in [0.1, 0.15) is 42.5 Å². The lowest BCUT2D eigenvalue weighted by Gasteiger charge is -2.24. The molecule has 0 unspecified atom stereocenters. The van der Waals surface area contributed by atoms with E-state index in [1.165, 1.54) is 38.9 Å². The Hall–Kier alpha value is -2.73. The molecule has 31 heavy (non-hydrogen) atoms.